The number of carbonyl (C=O) groups excluding carboxylic acids is 1. The van der Waals surface area contributed by atoms with Gasteiger partial charge in [0.15, 0.2) is 11.5 Å². The standard InChI is InChI=1S/C23H35ClN2O4/c1-3-5-11-30-22-20(24)13-18(14-21(22)29-4-2)23(27)25-19-6-9-26(10-7-19)15-17-8-12-28-16-17/h13-14,17,19H,3-12,15-16H2,1-2H3,(H,25,27). The molecular weight excluding hydrogens is 404 g/mol. The van der Waals surface area contributed by atoms with Crippen LogP contribution in [0, 0.1) is 5.92 Å². The first-order valence-corrected chi connectivity index (χ1v) is 11.7. The number of unbranched alkanes of at least 4 members (excludes halogenated alkanes) is 1. The SMILES string of the molecule is CCCCOc1c(Cl)cc(C(=O)NC2CCN(CC3CCOC3)CC2)cc1OCC. The Kier molecular flexibility index (Phi) is 9.09. The Balaban J connectivity index is 1.55. The van der Waals surface area contributed by atoms with Gasteiger partial charge >= 0.3 is 0 Å². The Bertz CT molecular complexity index is 686. The zero-order valence-corrected chi connectivity index (χ0v) is 19.0. The lowest BCUT2D eigenvalue weighted by Gasteiger charge is -2.33. The van der Waals surface area contributed by atoms with Crippen LogP contribution in [0.2, 0.25) is 5.02 Å². The molecule has 30 heavy (non-hydrogen) atoms. The number of ether oxygens (including phenoxy) is 3. The summed E-state index contributed by atoms with van der Waals surface area (Å²) in [4.78, 5) is 15.4. The zero-order chi connectivity index (χ0) is 21.3. The molecule has 2 saturated heterocycles. The highest BCUT2D eigenvalue weighted by Gasteiger charge is 2.25. The lowest BCUT2D eigenvalue weighted by atomic mass is 10.0. The van der Waals surface area contributed by atoms with Crippen molar-refractivity contribution >= 4 is 17.5 Å². The van der Waals surface area contributed by atoms with E-state index >= 15 is 0 Å². The predicted octanol–water partition coefficient (Wildman–Crippen LogP) is 4.15. The topological polar surface area (TPSA) is 60.0 Å². The first-order chi connectivity index (χ1) is 14.6. The molecule has 0 aliphatic carbocycles. The zero-order valence-electron chi connectivity index (χ0n) is 18.3. The second kappa shape index (κ2) is 11.8. The van der Waals surface area contributed by atoms with E-state index in [2.05, 4.69) is 17.1 Å². The summed E-state index contributed by atoms with van der Waals surface area (Å²) < 4.78 is 17.0. The number of piperidine rings is 1. The number of hydrogen-bond acceptors (Lipinski definition) is 5. The number of carbonyl (C=O) groups is 1. The second-order valence-electron chi connectivity index (χ2n) is 8.20. The predicted molar refractivity (Wildman–Crippen MR) is 119 cm³/mol. The van der Waals surface area contributed by atoms with Crippen LogP contribution in [-0.2, 0) is 4.74 Å². The van der Waals surface area contributed by atoms with Crippen LogP contribution in [0.15, 0.2) is 12.1 Å². The largest absolute Gasteiger partial charge is 0.490 e. The van der Waals surface area contributed by atoms with Crippen molar-refractivity contribution < 1.29 is 19.0 Å². The molecule has 6 nitrogen and oxygen atoms in total. The molecule has 0 aromatic heterocycles. The van der Waals surface area contributed by atoms with Gasteiger partial charge in [-0.15, -0.1) is 0 Å². The van der Waals surface area contributed by atoms with Gasteiger partial charge in [-0.2, -0.15) is 0 Å². The molecule has 0 saturated carbocycles. The third-order valence-electron chi connectivity index (χ3n) is 5.78. The lowest BCUT2D eigenvalue weighted by Crippen LogP contribution is -2.45. The Morgan fingerprint density at radius 1 is 1.23 bits per heavy atom. The average molecular weight is 439 g/mol. The molecule has 0 radical (unpaired) electrons. The molecule has 1 amide bonds. The molecule has 0 spiro atoms. The molecule has 2 aliphatic heterocycles. The first-order valence-electron chi connectivity index (χ1n) is 11.3. The van der Waals surface area contributed by atoms with Crippen molar-refractivity contribution in [3.63, 3.8) is 0 Å². The van der Waals surface area contributed by atoms with Crippen molar-refractivity contribution in [1.82, 2.24) is 10.2 Å². The smallest absolute Gasteiger partial charge is 0.251 e. The van der Waals surface area contributed by atoms with Gasteiger partial charge < -0.3 is 24.4 Å². The van der Waals surface area contributed by atoms with Gasteiger partial charge in [-0.05, 0) is 50.7 Å². The summed E-state index contributed by atoms with van der Waals surface area (Å²) in [5, 5.41) is 3.59. The minimum atomic E-state index is -0.111. The highest BCUT2D eigenvalue weighted by Crippen LogP contribution is 2.37. The van der Waals surface area contributed by atoms with Gasteiger partial charge in [0.05, 0.1) is 24.8 Å². The van der Waals surface area contributed by atoms with Crippen LogP contribution in [0.4, 0.5) is 0 Å². The molecule has 2 fully saturated rings. The summed E-state index contributed by atoms with van der Waals surface area (Å²) >= 11 is 6.43. The van der Waals surface area contributed by atoms with Crippen molar-refractivity contribution in [2.24, 2.45) is 5.92 Å². The highest BCUT2D eigenvalue weighted by atomic mass is 35.5. The van der Waals surface area contributed by atoms with Crippen LogP contribution in [0.25, 0.3) is 0 Å². The van der Waals surface area contributed by atoms with E-state index in [9.17, 15) is 4.79 Å². The number of rotatable bonds is 10. The van der Waals surface area contributed by atoms with E-state index in [1.165, 1.54) is 0 Å². The van der Waals surface area contributed by atoms with Crippen LogP contribution in [-0.4, -0.2) is 62.9 Å². The fourth-order valence-corrected chi connectivity index (χ4v) is 4.31. The van der Waals surface area contributed by atoms with Crippen molar-refractivity contribution in [3.8, 4) is 11.5 Å². The third-order valence-corrected chi connectivity index (χ3v) is 6.06. The van der Waals surface area contributed by atoms with E-state index in [0.717, 1.165) is 65.0 Å². The minimum absolute atomic E-state index is 0.111. The van der Waals surface area contributed by atoms with Gasteiger partial charge in [-0.3, -0.25) is 4.79 Å². The summed E-state index contributed by atoms with van der Waals surface area (Å²) in [5.74, 6) is 1.60. The van der Waals surface area contributed by atoms with Crippen molar-refractivity contribution in [2.75, 3.05) is 46.1 Å². The van der Waals surface area contributed by atoms with Gasteiger partial charge in [0, 0.05) is 37.8 Å². The molecule has 2 aliphatic rings. The normalized spacial score (nSPS) is 20.3. The number of likely N-dealkylation sites (tertiary alicyclic amines) is 1. The molecule has 1 unspecified atom stereocenters. The van der Waals surface area contributed by atoms with E-state index < -0.39 is 0 Å². The summed E-state index contributed by atoms with van der Waals surface area (Å²) in [6.07, 6.45) is 5.07. The molecule has 168 valence electrons. The second-order valence-corrected chi connectivity index (χ2v) is 8.61. The Labute approximate surface area is 185 Å². The first kappa shape index (κ1) is 23.2. The van der Waals surface area contributed by atoms with Gasteiger partial charge in [0.2, 0.25) is 0 Å². The number of benzene rings is 1. The summed E-state index contributed by atoms with van der Waals surface area (Å²) in [6.45, 7) is 9.98. The van der Waals surface area contributed by atoms with Crippen molar-refractivity contribution in [1.29, 1.82) is 0 Å². The number of nitrogens with one attached hydrogen (secondary N) is 1. The van der Waals surface area contributed by atoms with E-state index in [1.807, 2.05) is 6.92 Å². The van der Waals surface area contributed by atoms with E-state index in [4.69, 9.17) is 25.8 Å². The Morgan fingerprint density at radius 2 is 2.03 bits per heavy atom. The van der Waals surface area contributed by atoms with Crippen LogP contribution in [0.1, 0.15) is 56.3 Å². The maximum Gasteiger partial charge on any atom is 0.251 e. The average Bonchev–Trinajstić information content (AvgIpc) is 3.24. The van der Waals surface area contributed by atoms with E-state index in [1.54, 1.807) is 12.1 Å². The molecule has 1 aromatic rings. The van der Waals surface area contributed by atoms with Crippen LogP contribution in [0.3, 0.4) is 0 Å². The van der Waals surface area contributed by atoms with Crippen LogP contribution in [0.5, 0.6) is 11.5 Å². The fourth-order valence-electron chi connectivity index (χ4n) is 4.04. The van der Waals surface area contributed by atoms with Crippen LogP contribution >= 0.6 is 11.6 Å². The Morgan fingerprint density at radius 3 is 2.70 bits per heavy atom. The van der Waals surface area contributed by atoms with Crippen molar-refractivity contribution in [3.05, 3.63) is 22.7 Å². The molecule has 2 heterocycles. The van der Waals surface area contributed by atoms with E-state index in [-0.39, 0.29) is 11.9 Å². The van der Waals surface area contributed by atoms with E-state index in [0.29, 0.717) is 41.2 Å². The minimum Gasteiger partial charge on any atom is -0.490 e. The molecular formula is C23H35ClN2O4. The number of halogens is 1. The maximum absolute atomic E-state index is 12.9. The van der Waals surface area contributed by atoms with Crippen LogP contribution < -0.4 is 14.8 Å². The number of amides is 1. The quantitative estimate of drug-likeness (QED) is 0.556. The lowest BCUT2D eigenvalue weighted by molar-refractivity contribution is 0.0902. The van der Waals surface area contributed by atoms with Gasteiger partial charge in [-0.25, -0.2) is 0 Å². The molecule has 0 bridgehead atoms. The molecule has 7 heteroatoms. The summed E-state index contributed by atoms with van der Waals surface area (Å²) in [7, 11) is 0. The fraction of sp³-hybridized carbons (Fsp3) is 0.696. The monoisotopic (exact) mass is 438 g/mol. The summed E-state index contributed by atoms with van der Waals surface area (Å²) in [5.41, 5.74) is 0.511. The van der Waals surface area contributed by atoms with Gasteiger partial charge in [-0.1, -0.05) is 24.9 Å². The summed E-state index contributed by atoms with van der Waals surface area (Å²) in [6, 6.07) is 3.60. The Hall–Kier alpha value is -1.50. The molecule has 3 rings (SSSR count). The number of hydrogen-bond donors (Lipinski definition) is 1. The number of nitrogens with zero attached hydrogens (tertiary/aromatic N) is 1. The molecule has 1 aromatic carbocycles. The highest BCUT2D eigenvalue weighted by molar-refractivity contribution is 6.32. The van der Waals surface area contributed by atoms with Gasteiger partial charge in [0.1, 0.15) is 0 Å². The third kappa shape index (κ3) is 6.50. The van der Waals surface area contributed by atoms with Crippen molar-refractivity contribution in [2.45, 2.75) is 52.0 Å². The molecule has 1 N–H and O–H groups in total. The molecule has 1 atom stereocenters. The maximum atomic E-state index is 12.9. The van der Waals surface area contributed by atoms with Gasteiger partial charge in [0.25, 0.3) is 5.91 Å².